The summed E-state index contributed by atoms with van der Waals surface area (Å²) in [6, 6.07) is 8.79. The molecule has 0 spiro atoms. The van der Waals surface area contributed by atoms with E-state index in [1.165, 1.54) is 43.8 Å². The van der Waals surface area contributed by atoms with Gasteiger partial charge in [0.1, 0.15) is 0 Å². The first kappa shape index (κ1) is 12.7. The van der Waals surface area contributed by atoms with Gasteiger partial charge in [-0.05, 0) is 30.4 Å². The van der Waals surface area contributed by atoms with Crippen LogP contribution in [0.1, 0.15) is 44.6 Å². The van der Waals surface area contributed by atoms with Gasteiger partial charge in [-0.15, -0.1) is 0 Å². The van der Waals surface area contributed by atoms with Crippen molar-refractivity contribution in [2.75, 3.05) is 6.16 Å². The predicted molar refractivity (Wildman–Crippen MR) is 72.8 cm³/mol. The smallest absolute Gasteiger partial charge is 0.0242 e. The fourth-order valence-electron chi connectivity index (χ4n) is 1.72. The Balaban J connectivity index is 2.12. The topological polar surface area (TPSA) is 0 Å². The molecule has 0 aliphatic heterocycles. The number of benzene rings is 1. The Morgan fingerprint density at radius 1 is 1.00 bits per heavy atom. The van der Waals surface area contributed by atoms with Crippen molar-refractivity contribution in [3.8, 4) is 0 Å². The molecule has 0 N–H and O–H groups in total. The Morgan fingerprint density at radius 3 is 2.47 bits per heavy atom. The van der Waals surface area contributed by atoms with Crippen LogP contribution in [-0.4, -0.2) is 6.16 Å². The lowest BCUT2D eigenvalue weighted by atomic mass is 10.2. The molecule has 0 fully saturated rings. The van der Waals surface area contributed by atoms with Crippen molar-refractivity contribution in [1.82, 2.24) is 0 Å². The number of aryl methyl sites for hydroxylation is 1. The summed E-state index contributed by atoms with van der Waals surface area (Å²) < 4.78 is 0. The van der Waals surface area contributed by atoms with Gasteiger partial charge in [-0.2, -0.15) is 0 Å². The summed E-state index contributed by atoms with van der Waals surface area (Å²) in [7, 11) is 1.02. The minimum Gasteiger partial charge on any atom is -0.0901 e. The van der Waals surface area contributed by atoms with E-state index in [1.807, 2.05) is 0 Å². The maximum Gasteiger partial charge on any atom is -0.0242 e. The van der Waals surface area contributed by atoms with Crippen LogP contribution >= 0.6 is 8.58 Å². The van der Waals surface area contributed by atoms with Crippen molar-refractivity contribution >= 4 is 13.9 Å². The summed E-state index contributed by atoms with van der Waals surface area (Å²) in [4.78, 5) is 0. The number of unbranched alkanes of at least 4 members (excludes halogenated alkanes) is 4. The summed E-state index contributed by atoms with van der Waals surface area (Å²) in [6.45, 7) is 4.49. The van der Waals surface area contributed by atoms with Crippen LogP contribution in [0, 0.1) is 6.92 Å². The average Bonchev–Trinajstić information content (AvgIpc) is 2.25. The molecule has 1 aromatic rings. The first-order valence-electron chi connectivity index (χ1n) is 6.14. The summed E-state index contributed by atoms with van der Waals surface area (Å²) in [5.74, 6) is 0. The molecule has 0 amide bonds. The molecule has 1 rings (SSSR count). The Bertz CT molecular complexity index is 268. The van der Waals surface area contributed by atoms with E-state index in [4.69, 9.17) is 0 Å². The zero-order valence-electron chi connectivity index (χ0n) is 10.1. The normalized spacial score (nSPS) is 11.3. The van der Waals surface area contributed by atoms with Gasteiger partial charge in [0.2, 0.25) is 0 Å². The summed E-state index contributed by atoms with van der Waals surface area (Å²) in [5.41, 5.74) is 1.46. The fraction of sp³-hybridized carbons (Fsp3) is 0.571. The molecule has 0 heterocycles. The van der Waals surface area contributed by atoms with Crippen molar-refractivity contribution in [2.45, 2.75) is 46.0 Å². The standard InChI is InChI=1S/C14H23P/c1-3-4-5-6-9-12-15-14-11-8-7-10-13(14)2/h7-8,10-11,15H,3-6,9,12H2,1-2H3. The van der Waals surface area contributed by atoms with E-state index in [0.29, 0.717) is 0 Å². The van der Waals surface area contributed by atoms with Crippen molar-refractivity contribution in [2.24, 2.45) is 0 Å². The number of hydrogen-bond acceptors (Lipinski definition) is 0. The average molecular weight is 222 g/mol. The van der Waals surface area contributed by atoms with Crippen LogP contribution in [0.2, 0.25) is 0 Å². The second-order valence-corrected chi connectivity index (χ2v) is 5.55. The van der Waals surface area contributed by atoms with Gasteiger partial charge in [0.15, 0.2) is 0 Å². The van der Waals surface area contributed by atoms with Crippen LogP contribution in [0.5, 0.6) is 0 Å². The molecule has 0 aromatic heterocycles. The van der Waals surface area contributed by atoms with Gasteiger partial charge >= 0.3 is 0 Å². The Labute approximate surface area is 96.3 Å². The molecule has 0 saturated carbocycles. The van der Waals surface area contributed by atoms with E-state index in [0.717, 1.165) is 8.58 Å². The predicted octanol–water partition coefficient (Wildman–Crippen LogP) is 4.27. The Morgan fingerprint density at radius 2 is 1.73 bits per heavy atom. The lowest BCUT2D eigenvalue weighted by Crippen LogP contribution is -1.99. The molecular weight excluding hydrogens is 199 g/mol. The zero-order chi connectivity index (χ0) is 10.9. The van der Waals surface area contributed by atoms with Crippen LogP contribution in [0.15, 0.2) is 24.3 Å². The summed E-state index contributed by atoms with van der Waals surface area (Å²) >= 11 is 0. The highest BCUT2D eigenvalue weighted by molar-refractivity contribution is 7.47. The van der Waals surface area contributed by atoms with Crippen molar-refractivity contribution in [3.05, 3.63) is 29.8 Å². The second kappa shape index (κ2) is 7.88. The van der Waals surface area contributed by atoms with Crippen molar-refractivity contribution < 1.29 is 0 Å². The zero-order valence-corrected chi connectivity index (χ0v) is 11.1. The molecule has 84 valence electrons. The Kier molecular flexibility index (Phi) is 6.68. The van der Waals surface area contributed by atoms with E-state index in [-0.39, 0.29) is 0 Å². The largest absolute Gasteiger partial charge is 0.0901 e. The van der Waals surface area contributed by atoms with Crippen LogP contribution in [0.3, 0.4) is 0 Å². The van der Waals surface area contributed by atoms with Crippen LogP contribution in [-0.2, 0) is 0 Å². The molecule has 1 unspecified atom stereocenters. The molecular formula is C14H23P. The van der Waals surface area contributed by atoms with E-state index < -0.39 is 0 Å². The van der Waals surface area contributed by atoms with E-state index in [1.54, 1.807) is 5.30 Å². The van der Waals surface area contributed by atoms with E-state index in [2.05, 4.69) is 38.1 Å². The van der Waals surface area contributed by atoms with E-state index >= 15 is 0 Å². The maximum atomic E-state index is 2.28. The first-order chi connectivity index (χ1) is 7.34. The lowest BCUT2D eigenvalue weighted by Gasteiger charge is -2.05. The SMILES string of the molecule is CCCCCCCPc1ccccc1C. The fourth-order valence-corrected chi connectivity index (χ4v) is 3.00. The minimum atomic E-state index is 1.02. The summed E-state index contributed by atoms with van der Waals surface area (Å²) in [6.07, 6.45) is 8.40. The van der Waals surface area contributed by atoms with E-state index in [9.17, 15) is 0 Å². The van der Waals surface area contributed by atoms with Gasteiger partial charge in [-0.3, -0.25) is 0 Å². The summed E-state index contributed by atoms with van der Waals surface area (Å²) in [5, 5.41) is 1.56. The third-order valence-corrected chi connectivity index (χ3v) is 4.29. The molecule has 0 aliphatic carbocycles. The van der Waals surface area contributed by atoms with Crippen molar-refractivity contribution in [1.29, 1.82) is 0 Å². The third kappa shape index (κ3) is 5.33. The van der Waals surface area contributed by atoms with Crippen molar-refractivity contribution in [3.63, 3.8) is 0 Å². The molecule has 0 bridgehead atoms. The monoisotopic (exact) mass is 222 g/mol. The van der Waals surface area contributed by atoms with Gasteiger partial charge in [0, 0.05) is 0 Å². The lowest BCUT2D eigenvalue weighted by molar-refractivity contribution is 0.659. The van der Waals surface area contributed by atoms with Gasteiger partial charge in [-0.1, -0.05) is 65.5 Å². The van der Waals surface area contributed by atoms with Crippen LogP contribution in [0.4, 0.5) is 0 Å². The van der Waals surface area contributed by atoms with Crippen LogP contribution in [0.25, 0.3) is 0 Å². The molecule has 15 heavy (non-hydrogen) atoms. The van der Waals surface area contributed by atoms with Gasteiger partial charge < -0.3 is 0 Å². The molecule has 0 radical (unpaired) electrons. The molecule has 1 heteroatoms. The Hall–Kier alpha value is -0.350. The first-order valence-corrected chi connectivity index (χ1v) is 7.35. The quantitative estimate of drug-likeness (QED) is 0.477. The number of rotatable bonds is 7. The van der Waals surface area contributed by atoms with Gasteiger partial charge in [-0.25, -0.2) is 0 Å². The maximum absolute atomic E-state index is 2.28. The minimum absolute atomic E-state index is 1.02. The highest BCUT2D eigenvalue weighted by atomic mass is 31.1. The highest BCUT2D eigenvalue weighted by Crippen LogP contribution is 2.16. The molecule has 0 nitrogen and oxygen atoms in total. The molecule has 0 saturated heterocycles. The third-order valence-electron chi connectivity index (χ3n) is 2.74. The molecule has 1 atom stereocenters. The highest BCUT2D eigenvalue weighted by Gasteiger charge is 1.96. The molecule has 1 aromatic carbocycles. The number of hydrogen-bond donors (Lipinski definition) is 0. The molecule has 0 aliphatic rings. The second-order valence-electron chi connectivity index (χ2n) is 4.16. The van der Waals surface area contributed by atoms with Gasteiger partial charge in [0.05, 0.1) is 0 Å². The van der Waals surface area contributed by atoms with Gasteiger partial charge in [0.25, 0.3) is 0 Å². The van der Waals surface area contributed by atoms with Crippen LogP contribution < -0.4 is 5.30 Å².